The summed E-state index contributed by atoms with van der Waals surface area (Å²) in [5.74, 6) is 1.11. The summed E-state index contributed by atoms with van der Waals surface area (Å²) < 4.78 is 0. The van der Waals surface area contributed by atoms with Gasteiger partial charge in [-0.1, -0.05) is 30.1 Å². The van der Waals surface area contributed by atoms with Gasteiger partial charge in [0.05, 0.1) is 0 Å². The highest BCUT2D eigenvalue weighted by Gasteiger charge is 2.39. The Balaban J connectivity index is 1.91. The second-order valence-corrected chi connectivity index (χ2v) is 5.58. The molecule has 1 N–H and O–H groups in total. The van der Waals surface area contributed by atoms with Gasteiger partial charge in [0.1, 0.15) is 16.1 Å². The number of pyridine rings is 2. The van der Waals surface area contributed by atoms with Crippen LogP contribution in [-0.2, 0) is 4.79 Å². The predicted molar refractivity (Wildman–Crippen MR) is 75.5 cm³/mol. The molecule has 2 heterocycles. The molecule has 0 aliphatic heterocycles. The summed E-state index contributed by atoms with van der Waals surface area (Å²) in [6, 6.07) is 3.44. The van der Waals surface area contributed by atoms with Crippen molar-refractivity contribution >= 4 is 45.7 Å². The standard InChI is InChI=1S/C13H11Cl2N3O/c1-6-2-8(6)13(19)18-11-4-7-3-10(14)17-12(15)9(7)5-16-11/h3-6,8H,2H2,1H3,(H,16,18,19). The fraction of sp³-hybridized carbons (Fsp3) is 0.308. The monoisotopic (exact) mass is 295 g/mol. The lowest BCUT2D eigenvalue weighted by molar-refractivity contribution is -0.117. The summed E-state index contributed by atoms with van der Waals surface area (Å²) in [6.45, 7) is 2.06. The van der Waals surface area contributed by atoms with Crippen molar-refractivity contribution in [2.45, 2.75) is 13.3 Å². The summed E-state index contributed by atoms with van der Waals surface area (Å²) in [4.78, 5) is 20.0. The number of aromatic nitrogens is 2. The van der Waals surface area contributed by atoms with Crippen LogP contribution in [0, 0.1) is 11.8 Å². The lowest BCUT2D eigenvalue weighted by Gasteiger charge is -2.06. The van der Waals surface area contributed by atoms with Gasteiger partial charge >= 0.3 is 0 Å². The van der Waals surface area contributed by atoms with Crippen molar-refractivity contribution in [2.24, 2.45) is 11.8 Å². The average molecular weight is 296 g/mol. The number of hydrogen-bond donors (Lipinski definition) is 1. The summed E-state index contributed by atoms with van der Waals surface area (Å²) in [7, 11) is 0. The molecule has 98 valence electrons. The van der Waals surface area contributed by atoms with Crippen LogP contribution < -0.4 is 5.32 Å². The Hall–Kier alpha value is -1.39. The van der Waals surface area contributed by atoms with E-state index < -0.39 is 0 Å². The second kappa shape index (κ2) is 4.62. The molecule has 1 aliphatic carbocycles. The molecule has 2 atom stereocenters. The molecule has 4 nitrogen and oxygen atoms in total. The number of nitrogens with zero attached hydrogens (tertiary/aromatic N) is 2. The molecule has 2 unspecified atom stereocenters. The SMILES string of the molecule is CC1CC1C(=O)Nc1cc2cc(Cl)nc(Cl)c2cn1. The number of fused-ring (bicyclic) bond motifs is 1. The first-order valence-corrected chi connectivity index (χ1v) is 6.73. The summed E-state index contributed by atoms with van der Waals surface area (Å²) in [6.07, 6.45) is 2.54. The number of amides is 1. The van der Waals surface area contributed by atoms with Gasteiger partial charge in [0.25, 0.3) is 0 Å². The van der Waals surface area contributed by atoms with Crippen LogP contribution >= 0.6 is 23.2 Å². The van der Waals surface area contributed by atoms with Crippen LogP contribution in [0.5, 0.6) is 0 Å². The minimum atomic E-state index is 0.0191. The molecule has 0 saturated heterocycles. The van der Waals surface area contributed by atoms with E-state index >= 15 is 0 Å². The number of carbonyl (C=O) groups excluding carboxylic acids is 1. The maximum Gasteiger partial charge on any atom is 0.228 e. The molecular weight excluding hydrogens is 285 g/mol. The Kier molecular flexibility index (Phi) is 3.07. The highest BCUT2D eigenvalue weighted by molar-refractivity contribution is 6.36. The molecule has 1 aliphatic rings. The normalized spacial score (nSPS) is 21.4. The zero-order valence-electron chi connectivity index (χ0n) is 10.2. The van der Waals surface area contributed by atoms with Gasteiger partial charge in [0.2, 0.25) is 5.91 Å². The van der Waals surface area contributed by atoms with Gasteiger partial charge in [0.15, 0.2) is 0 Å². The van der Waals surface area contributed by atoms with E-state index in [1.807, 2.05) is 0 Å². The van der Waals surface area contributed by atoms with Crippen LogP contribution in [0.4, 0.5) is 5.82 Å². The van der Waals surface area contributed by atoms with Gasteiger partial charge in [0, 0.05) is 17.5 Å². The van der Waals surface area contributed by atoms with Gasteiger partial charge in [-0.3, -0.25) is 4.79 Å². The molecule has 3 rings (SSSR count). The largest absolute Gasteiger partial charge is 0.310 e. The maximum atomic E-state index is 11.8. The molecule has 6 heteroatoms. The molecule has 1 fully saturated rings. The first-order chi connectivity index (χ1) is 9.04. The average Bonchev–Trinajstić information content (AvgIpc) is 3.05. The van der Waals surface area contributed by atoms with E-state index in [1.165, 1.54) is 0 Å². The Morgan fingerprint density at radius 1 is 1.42 bits per heavy atom. The van der Waals surface area contributed by atoms with Crippen molar-refractivity contribution in [1.82, 2.24) is 9.97 Å². The van der Waals surface area contributed by atoms with Crippen molar-refractivity contribution in [3.8, 4) is 0 Å². The van der Waals surface area contributed by atoms with Gasteiger partial charge in [-0.25, -0.2) is 9.97 Å². The number of hydrogen-bond acceptors (Lipinski definition) is 3. The van der Waals surface area contributed by atoms with Crippen LogP contribution in [0.1, 0.15) is 13.3 Å². The van der Waals surface area contributed by atoms with Crippen LogP contribution in [0.25, 0.3) is 10.8 Å². The molecule has 2 aromatic heterocycles. The summed E-state index contributed by atoms with van der Waals surface area (Å²) in [5, 5.41) is 4.95. The van der Waals surface area contributed by atoms with Crippen molar-refractivity contribution in [2.75, 3.05) is 5.32 Å². The zero-order valence-corrected chi connectivity index (χ0v) is 11.7. The van der Waals surface area contributed by atoms with Gasteiger partial charge < -0.3 is 5.32 Å². The first kappa shape index (κ1) is 12.6. The first-order valence-electron chi connectivity index (χ1n) is 5.97. The second-order valence-electron chi connectivity index (χ2n) is 4.84. The number of nitrogens with one attached hydrogen (secondary N) is 1. The number of rotatable bonds is 2. The van der Waals surface area contributed by atoms with Crippen molar-refractivity contribution < 1.29 is 4.79 Å². The van der Waals surface area contributed by atoms with Gasteiger partial charge in [-0.05, 0) is 29.9 Å². The van der Waals surface area contributed by atoms with E-state index in [-0.39, 0.29) is 11.8 Å². The molecule has 2 aromatic rings. The van der Waals surface area contributed by atoms with Crippen LogP contribution in [0.15, 0.2) is 18.3 Å². The molecule has 1 saturated carbocycles. The van der Waals surface area contributed by atoms with E-state index in [2.05, 4.69) is 22.2 Å². The van der Waals surface area contributed by atoms with Crippen molar-refractivity contribution in [3.63, 3.8) is 0 Å². The van der Waals surface area contributed by atoms with E-state index in [0.717, 1.165) is 11.8 Å². The zero-order chi connectivity index (χ0) is 13.6. The quantitative estimate of drug-likeness (QED) is 0.862. The third kappa shape index (κ3) is 2.51. The Morgan fingerprint density at radius 2 is 2.16 bits per heavy atom. The van der Waals surface area contributed by atoms with Crippen LogP contribution in [0.2, 0.25) is 10.3 Å². The molecule has 0 aromatic carbocycles. The molecular formula is C13H11Cl2N3O. The van der Waals surface area contributed by atoms with Crippen molar-refractivity contribution in [3.05, 3.63) is 28.6 Å². The molecule has 0 spiro atoms. The molecule has 1 amide bonds. The molecule has 0 radical (unpaired) electrons. The van der Waals surface area contributed by atoms with Gasteiger partial charge in [-0.15, -0.1) is 0 Å². The Bertz CT molecular complexity index is 674. The van der Waals surface area contributed by atoms with E-state index in [1.54, 1.807) is 18.3 Å². The lowest BCUT2D eigenvalue weighted by atomic mass is 10.2. The third-order valence-electron chi connectivity index (χ3n) is 3.34. The van der Waals surface area contributed by atoms with Crippen molar-refractivity contribution in [1.29, 1.82) is 0 Å². The highest BCUT2D eigenvalue weighted by atomic mass is 35.5. The van der Waals surface area contributed by atoms with Crippen LogP contribution in [-0.4, -0.2) is 15.9 Å². The minimum absolute atomic E-state index is 0.0191. The van der Waals surface area contributed by atoms with E-state index in [4.69, 9.17) is 23.2 Å². The fourth-order valence-electron chi connectivity index (χ4n) is 2.05. The fourth-order valence-corrected chi connectivity index (χ4v) is 2.55. The molecule has 19 heavy (non-hydrogen) atoms. The number of carbonyl (C=O) groups is 1. The third-order valence-corrected chi connectivity index (χ3v) is 3.82. The summed E-state index contributed by atoms with van der Waals surface area (Å²) >= 11 is 11.8. The highest BCUT2D eigenvalue weighted by Crippen LogP contribution is 2.38. The number of anilines is 1. The molecule has 0 bridgehead atoms. The predicted octanol–water partition coefficient (Wildman–Crippen LogP) is 3.53. The van der Waals surface area contributed by atoms with E-state index in [9.17, 15) is 4.79 Å². The van der Waals surface area contributed by atoms with Gasteiger partial charge in [-0.2, -0.15) is 0 Å². The number of halogens is 2. The van der Waals surface area contributed by atoms with E-state index in [0.29, 0.717) is 27.4 Å². The lowest BCUT2D eigenvalue weighted by Crippen LogP contribution is -2.15. The maximum absolute atomic E-state index is 11.8. The van der Waals surface area contributed by atoms with Crippen LogP contribution in [0.3, 0.4) is 0 Å². The Labute approximate surface area is 120 Å². The minimum Gasteiger partial charge on any atom is -0.310 e. The Morgan fingerprint density at radius 3 is 2.84 bits per heavy atom. The summed E-state index contributed by atoms with van der Waals surface area (Å²) in [5.41, 5.74) is 0. The topological polar surface area (TPSA) is 54.9 Å². The smallest absolute Gasteiger partial charge is 0.228 e.